The summed E-state index contributed by atoms with van der Waals surface area (Å²) in [6.07, 6.45) is 4.80. The normalized spacial score (nSPS) is 10.1. The zero-order chi connectivity index (χ0) is 13.0. The molecule has 0 aliphatic heterocycles. The molecule has 0 amide bonds. The summed E-state index contributed by atoms with van der Waals surface area (Å²) in [6, 6.07) is 8.83. The molecule has 0 unspecified atom stereocenters. The van der Waals surface area contributed by atoms with Gasteiger partial charge >= 0.3 is 5.97 Å². The fraction of sp³-hybridized carbons (Fsp3) is 0.0769. The van der Waals surface area contributed by atoms with Crippen molar-refractivity contribution in [1.82, 2.24) is 4.98 Å². The molecule has 4 nitrogen and oxygen atoms in total. The SMILES string of the molecule is CSc1ccc(Oc2cnccc2C(=O)O)cc1. The van der Waals surface area contributed by atoms with Gasteiger partial charge in [0.15, 0.2) is 5.75 Å². The van der Waals surface area contributed by atoms with Crippen LogP contribution in [0.1, 0.15) is 10.4 Å². The third-order valence-electron chi connectivity index (χ3n) is 2.30. The monoisotopic (exact) mass is 261 g/mol. The van der Waals surface area contributed by atoms with Crippen molar-refractivity contribution >= 4 is 17.7 Å². The van der Waals surface area contributed by atoms with Crippen LogP contribution in [0.5, 0.6) is 11.5 Å². The van der Waals surface area contributed by atoms with Crippen molar-refractivity contribution in [3.8, 4) is 11.5 Å². The van der Waals surface area contributed by atoms with Crippen molar-refractivity contribution in [3.05, 3.63) is 48.3 Å². The molecule has 1 aromatic carbocycles. The van der Waals surface area contributed by atoms with Gasteiger partial charge in [0.05, 0.1) is 6.20 Å². The number of hydrogen-bond donors (Lipinski definition) is 1. The van der Waals surface area contributed by atoms with Crippen molar-refractivity contribution in [3.63, 3.8) is 0 Å². The van der Waals surface area contributed by atoms with E-state index in [1.807, 2.05) is 18.4 Å². The Labute approximate surface area is 109 Å². The van der Waals surface area contributed by atoms with Crippen LogP contribution in [0.4, 0.5) is 0 Å². The Balaban J connectivity index is 2.25. The molecule has 0 aliphatic carbocycles. The van der Waals surface area contributed by atoms with Gasteiger partial charge < -0.3 is 9.84 Å². The van der Waals surface area contributed by atoms with Crippen LogP contribution in [-0.2, 0) is 0 Å². The number of benzene rings is 1. The number of thioether (sulfide) groups is 1. The minimum Gasteiger partial charge on any atom is -0.478 e. The molecule has 18 heavy (non-hydrogen) atoms. The molecule has 0 saturated carbocycles. The molecule has 0 aliphatic rings. The minimum absolute atomic E-state index is 0.0962. The van der Waals surface area contributed by atoms with Crippen molar-refractivity contribution in [2.45, 2.75) is 4.90 Å². The van der Waals surface area contributed by atoms with E-state index in [-0.39, 0.29) is 11.3 Å². The minimum atomic E-state index is -1.03. The highest BCUT2D eigenvalue weighted by Crippen LogP contribution is 2.26. The van der Waals surface area contributed by atoms with E-state index in [0.717, 1.165) is 4.90 Å². The van der Waals surface area contributed by atoms with Gasteiger partial charge in [-0.05, 0) is 36.6 Å². The molecule has 0 atom stereocenters. The van der Waals surface area contributed by atoms with Gasteiger partial charge in [-0.25, -0.2) is 4.79 Å². The van der Waals surface area contributed by atoms with Gasteiger partial charge in [0.25, 0.3) is 0 Å². The highest BCUT2D eigenvalue weighted by molar-refractivity contribution is 7.98. The van der Waals surface area contributed by atoms with Crippen LogP contribution in [0.15, 0.2) is 47.6 Å². The molecule has 92 valence electrons. The van der Waals surface area contributed by atoms with Gasteiger partial charge in [-0.1, -0.05) is 0 Å². The molecular formula is C13H11NO3S. The van der Waals surface area contributed by atoms with Gasteiger partial charge in [0.1, 0.15) is 11.3 Å². The van der Waals surface area contributed by atoms with Gasteiger partial charge in [-0.3, -0.25) is 4.98 Å². The number of nitrogens with zero attached hydrogens (tertiary/aromatic N) is 1. The van der Waals surface area contributed by atoms with Crippen LogP contribution < -0.4 is 4.74 Å². The lowest BCUT2D eigenvalue weighted by Crippen LogP contribution is -2.00. The van der Waals surface area contributed by atoms with Gasteiger partial charge in [-0.2, -0.15) is 0 Å². The summed E-state index contributed by atoms with van der Waals surface area (Å²) in [6.45, 7) is 0. The number of ether oxygens (including phenoxy) is 1. The zero-order valence-corrected chi connectivity index (χ0v) is 10.5. The number of hydrogen-bond acceptors (Lipinski definition) is 4. The summed E-state index contributed by atoms with van der Waals surface area (Å²) in [7, 11) is 0. The first kappa shape index (κ1) is 12.4. The fourth-order valence-electron chi connectivity index (χ4n) is 1.41. The molecule has 0 bridgehead atoms. The second kappa shape index (κ2) is 5.55. The Morgan fingerprint density at radius 3 is 2.61 bits per heavy atom. The molecule has 2 aromatic rings. The molecule has 1 N–H and O–H groups in total. The van der Waals surface area contributed by atoms with E-state index >= 15 is 0 Å². The smallest absolute Gasteiger partial charge is 0.339 e. The lowest BCUT2D eigenvalue weighted by atomic mass is 10.2. The van der Waals surface area contributed by atoms with E-state index < -0.39 is 5.97 Å². The molecular weight excluding hydrogens is 250 g/mol. The number of aromatic carboxylic acids is 1. The highest BCUT2D eigenvalue weighted by atomic mass is 32.2. The Morgan fingerprint density at radius 2 is 2.00 bits per heavy atom. The van der Waals surface area contributed by atoms with E-state index in [1.54, 1.807) is 23.9 Å². The topological polar surface area (TPSA) is 59.4 Å². The molecule has 1 aromatic heterocycles. The molecule has 5 heteroatoms. The van der Waals surface area contributed by atoms with Crippen molar-refractivity contribution in [1.29, 1.82) is 0 Å². The standard InChI is InChI=1S/C13H11NO3S/c1-18-10-4-2-9(3-5-10)17-12-8-14-7-6-11(12)13(15)16/h2-8H,1H3,(H,15,16). The molecule has 0 saturated heterocycles. The molecule has 0 radical (unpaired) electrons. The summed E-state index contributed by atoms with van der Waals surface area (Å²) in [5, 5.41) is 9.01. The molecule has 2 rings (SSSR count). The lowest BCUT2D eigenvalue weighted by molar-refractivity contribution is 0.0694. The average Bonchev–Trinajstić information content (AvgIpc) is 2.40. The maximum Gasteiger partial charge on any atom is 0.339 e. The van der Waals surface area contributed by atoms with Crippen LogP contribution in [0.2, 0.25) is 0 Å². The van der Waals surface area contributed by atoms with Gasteiger partial charge in [0.2, 0.25) is 0 Å². The van der Waals surface area contributed by atoms with Gasteiger partial charge in [-0.15, -0.1) is 11.8 Å². The van der Waals surface area contributed by atoms with Crippen LogP contribution in [0.25, 0.3) is 0 Å². The van der Waals surface area contributed by atoms with E-state index in [9.17, 15) is 4.79 Å². The van der Waals surface area contributed by atoms with Crippen LogP contribution in [0.3, 0.4) is 0 Å². The van der Waals surface area contributed by atoms with E-state index in [0.29, 0.717) is 5.75 Å². The van der Waals surface area contributed by atoms with Crippen molar-refractivity contribution < 1.29 is 14.6 Å². The van der Waals surface area contributed by atoms with E-state index in [2.05, 4.69) is 4.98 Å². The Morgan fingerprint density at radius 1 is 1.28 bits per heavy atom. The lowest BCUT2D eigenvalue weighted by Gasteiger charge is -2.08. The Kier molecular flexibility index (Phi) is 3.84. The van der Waals surface area contributed by atoms with Crippen LogP contribution in [0, 0.1) is 0 Å². The van der Waals surface area contributed by atoms with E-state index in [4.69, 9.17) is 9.84 Å². The summed E-state index contributed by atoms with van der Waals surface area (Å²) in [5.41, 5.74) is 0.0962. The van der Waals surface area contributed by atoms with Crippen molar-refractivity contribution in [2.75, 3.05) is 6.26 Å². The number of pyridine rings is 1. The second-order valence-corrected chi connectivity index (χ2v) is 4.33. The summed E-state index contributed by atoms with van der Waals surface area (Å²) in [5.74, 6) is -0.210. The van der Waals surface area contributed by atoms with E-state index in [1.165, 1.54) is 18.5 Å². The number of rotatable bonds is 4. The summed E-state index contributed by atoms with van der Waals surface area (Å²) < 4.78 is 5.52. The molecule has 0 spiro atoms. The van der Waals surface area contributed by atoms with Crippen LogP contribution >= 0.6 is 11.8 Å². The third-order valence-corrected chi connectivity index (χ3v) is 3.05. The first-order chi connectivity index (χ1) is 8.70. The van der Waals surface area contributed by atoms with Gasteiger partial charge in [0, 0.05) is 11.1 Å². The number of carboxylic acids is 1. The number of carboxylic acid groups (broad SMARTS) is 1. The average molecular weight is 261 g/mol. The maximum absolute atomic E-state index is 11.0. The maximum atomic E-state index is 11.0. The second-order valence-electron chi connectivity index (χ2n) is 3.45. The van der Waals surface area contributed by atoms with Crippen molar-refractivity contribution in [2.24, 2.45) is 0 Å². The quantitative estimate of drug-likeness (QED) is 0.856. The Bertz CT molecular complexity index is 554. The molecule has 1 heterocycles. The molecule has 0 fully saturated rings. The summed E-state index contributed by atoms with van der Waals surface area (Å²) >= 11 is 1.63. The first-order valence-corrected chi connectivity index (χ1v) is 6.42. The fourth-order valence-corrected chi connectivity index (χ4v) is 1.82. The summed E-state index contributed by atoms with van der Waals surface area (Å²) in [4.78, 5) is 16.0. The number of carbonyl (C=O) groups is 1. The van der Waals surface area contributed by atoms with Crippen LogP contribution in [-0.4, -0.2) is 22.3 Å². The predicted octanol–water partition coefficient (Wildman–Crippen LogP) is 3.29. The zero-order valence-electron chi connectivity index (χ0n) is 9.66. The third kappa shape index (κ3) is 2.81. The highest BCUT2D eigenvalue weighted by Gasteiger charge is 2.11. The largest absolute Gasteiger partial charge is 0.478 e. The first-order valence-electron chi connectivity index (χ1n) is 5.20. The Hall–Kier alpha value is -2.01. The predicted molar refractivity (Wildman–Crippen MR) is 69.5 cm³/mol. The number of aromatic nitrogens is 1.